The highest BCUT2D eigenvalue weighted by Crippen LogP contribution is 2.25. The minimum atomic E-state index is -3.74. The first-order chi connectivity index (χ1) is 13.3. The summed E-state index contributed by atoms with van der Waals surface area (Å²) in [6.45, 7) is 1.89. The van der Waals surface area contributed by atoms with Crippen molar-refractivity contribution >= 4 is 43.5 Å². The van der Waals surface area contributed by atoms with E-state index in [0.717, 1.165) is 10.0 Å². The van der Waals surface area contributed by atoms with Gasteiger partial charge in [0.05, 0.1) is 10.6 Å². The molecule has 0 atom stereocenters. The Morgan fingerprint density at radius 2 is 1.64 bits per heavy atom. The summed E-state index contributed by atoms with van der Waals surface area (Å²) < 4.78 is 28.8. The molecular weight excluding hydrogens is 438 g/mol. The van der Waals surface area contributed by atoms with Gasteiger partial charge in [-0.05, 0) is 55.0 Å². The van der Waals surface area contributed by atoms with E-state index in [1.165, 1.54) is 6.08 Å². The smallest absolute Gasteiger partial charge is 0.261 e. The van der Waals surface area contributed by atoms with Gasteiger partial charge in [0, 0.05) is 10.0 Å². The molecule has 0 unspecified atom stereocenters. The molecule has 142 valence electrons. The molecule has 0 radical (unpaired) electrons. The van der Waals surface area contributed by atoms with Crippen molar-refractivity contribution in [3.05, 3.63) is 100 Å². The quantitative estimate of drug-likeness (QED) is 0.396. The zero-order chi connectivity index (χ0) is 20.1. The average molecular weight is 456 g/mol. The monoisotopic (exact) mass is 455 g/mol. The van der Waals surface area contributed by atoms with Crippen LogP contribution in [0, 0.1) is 6.92 Å². The lowest BCUT2D eigenvalue weighted by atomic mass is 10.1. The van der Waals surface area contributed by atoms with E-state index in [2.05, 4.69) is 20.7 Å². The molecule has 3 aromatic rings. The van der Waals surface area contributed by atoms with Crippen LogP contribution in [0.5, 0.6) is 0 Å². The number of aryl methyl sites for hydroxylation is 1. The van der Waals surface area contributed by atoms with Gasteiger partial charge in [-0.1, -0.05) is 64.0 Å². The third-order valence-electron chi connectivity index (χ3n) is 4.06. The highest BCUT2D eigenvalue weighted by Gasteiger charge is 2.15. The molecule has 4 nitrogen and oxygen atoms in total. The summed E-state index contributed by atoms with van der Waals surface area (Å²) >= 11 is 3.38. The first-order valence-corrected chi connectivity index (χ1v) is 10.8. The van der Waals surface area contributed by atoms with E-state index in [9.17, 15) is 13.2 Å². The van der Waals surface area contributed by atoms with E-state index in [0.29, 0.717) is 16.8 Å². The Morgan fingerprint density at radius 3 is 2.32 bits per heavy atom. The standard InChI is InChI=1S/C22H18BrNO3S/c1-16-7-11-20(12-8-16)28(26,27)24-21-13-10-19(23)15-18(21)9-14-22(25)17-5-3-2-4-6-17/h2-15,24H,1H3/b14-9+. The fraction of sp³-hybridized carbons (Fsp3) is 0.0455. The summed E-state index contributed by atoms with van der Waals surface area (Å²) in [6.07, 6.45) is 3.04. The van der Waals surface area contributed by atoms with Crippen molar-refractivity contribution in [1.82, 2.24) is 0 Å². The van der Waals surface area contributed by atoms with Crippen molar-refractivity contribution in [2.75, 3.05) is 4.72 Å². The summed E-state index contributed by atoms with van der Waals surface area (Å²) in [6, 6.07) is 20.6. The SMILES string of the molecule is Cc1ccc(S(=O)(=O)Nc2ccc(Br)cc2/C=C/C(=O)c2ccccc2)cc1. The largest absolute Gasteiger partial charge is 0.289 e. The van der Waals surface area contributed by atoms with Gasteiger partial charge in [0.15, 0.2) is 5.78 Å². The number of ketones is 1. The van der Waals surface area contributed by atoms with E-state index in [-0.39, 0.29) is 10.7 Å². The summed E-state index contributed by atoms with van der Waals surface area (Å²) in [5.74, 6) is -0.159. The number of hydrogen-bond acceptors (Lipinski definition) is 3. The number of carbonyl (C=O) groups is 1. The van der Waals surface area contributed by atoms with Crippen LogP contribution in [0.15, 0.2) is 88.2 Å². The Bertz CT molecular complexity index is 1120. The lowest BCUT2D eigenvalue weighted by molar-refractivity contribution is 0.104. The summed E-state index contributed by atoms with van der Waals surface area (Å²) in [5.41, 5.74) is 2.51. The summed E-state index contributed by atoms with van der Waals surface area (Å²) in [4.78, 5) is 12.5. The first kappa shape index (κ1) is 20.0. The molecule has 0 heterocycles. The Kier molecular flexibility index (Phi) is 6.11. The van der Waals surface area contributed by atoms with E-state index in [1.54, 1.807) is 72.8 Å². The Hall–Kier alpha value is -2.70. The van der Waals surface area contributed by atoms with E-state index in [1.807, 2.05) is 13.0 Å². The van der Waals surface area contributed by atoms with Gasteiger partial charge in [0.2, 0.25) is 0 Å². The normalized spacial score (nSPS) is 11.5. The number of anilines is 1. The number of sulfonamides is 1. The predicted molar refractivity (Wildman–Crippen MR) is 116 cm³/mol. The van der Waals surface area contributed by atoms with Crippen molar-refractivity contribution in [2.45, 2.75) is 11.8 Å². The van der Waals surface area contributed by atoms with E-state index < -0.39 is 10.0 Å². The zero-order valence-electron chi connectivity index (χ0n) is 15.1. The molecule has 0 saturated heterocycles. The van der Waals surface area contributed by atoms with Gasteiger partial charge in [0.1, 0.15) is 0 Å². The molecule has 0 aliphatic carbocycles. The maximum Gasteiger partial charge on any atom is 0.261 e. The molecule has 0 aliphatic rings. The molecule has 0 amide bonds. The van der Waals surface area contributed by atoms with Gasteiger partial charge in [-0.2, -0.15) is 0 Å². The van der Waals surface area contributed by atoms with Crippen LogP contribution >= 0.6 is 15.9 Å². The van der Waals surface area contributed by atoms with Crippen LogP contribution in [0.3, 0.4) is 0 Å². The molecule has 0 fully saturated rings. The Morgan fingerprint density at radius 1 is 0.964 bits per heavy atom. The van der Waals surface area contributed by atoms with Crippen LogP contribution in [0.2, 0.25) is 0 Å². The molecule has 0 spiro atoms. The minimum Gasteiger partial charge on any atom is -0.289 e. The molecule has 0 aromatic heterocycles. The van der Waals surface area contributed by atoms with Gasteiger partial charge in [-0.15, -0.1) is 0 Å². The van der Waals surface area contributed by atoms with Gasteiger partial charge >= 0.3 is 0 Å². The second-order valence-corrected chi connectivity index (χ2v) is 8.81. The van der Waals surface area contributed by atoms with Crippen LogP contribution in [0.1, 0.15) is 21.5 Å². The van der Waals surface area contributed by atoms with Gasteiger partial charge in [0.25, 0.3) is 10.0 Å². The third-order valence-corrected chi connectivity index (χ3v) is 5.94. The van der Waals surface area contributed by atoms with Crippen molar-refractivity contribution in [2.24, 2.45) is 0 Å². The van der Waals surface area contributed by atoms with Crippen molar-refractivity contribution < 1.29 is 13.2 Å². The lowest BCUT2D eigenvalue weighted by Crippen LogP contribution is -2.13. The number of halogens is 1. The highest BCUT2D eigenvalue weighted by molar-refractivity contribution is 9.10. The fourth-order valence-electron chi connectivity index (χ4n) is 2.55. The molecule has 1 N–H and O–H groups in total. The average Bonchev–Trinajstić information content (AvgIpc) is 2.68. The van der Waals surface area contributed by atoms with Crippen LogP contribution in [0.4, 0.5) is 5.69 Å². The number of hydrogen-bond donors (Lipinski definition) is 1. The highest BCUT2D eigenvalue weighted by atomic mass is 79.9. The molecule has 6 heteroatoms. The Labute approximate surface area is 173 Å². The predicted octanol–water partition coefficient (Wildman–Crippen LogP) is 5.45. The van der Waals surface area contributed by atoms with Gasteiger partial charge in [-0.25, -0.2) is 8.42 Å². The van der Waals surface area contributed by atoms with Crippen molar-refractivity contribution in [3.63, 3.8) is 0 Å². The number of carbonyl (C=O) groups excluding carboxylic acids is 1. The fourth-order valence-corrected chi connectivity index (χ4v) is 4.02. The zero-order valence-corrected chi connectivity index (χ0v) is 17.5. The maximum absolute atomic E-state index is 12.7. The first-order valence-electron chi connectivity index (χ1n) is 8.52. The summed E-state index contributed by atoms with van der Waals surface area (Å²) in [5, 5.41) is 0. The topological polar surface area (TPSA) is 63.2 Å². The second-order valence-electron chi connectivity index (χ2n) is 6.21. The maximum atomic E-state index is 12.7. The summed E-state index contributed by atoms with van der Waals surface area (Å²) in [7, 11) is -3.74. The van der Waals surface area contributed by atoms with Crippen molar-refractivity contribution in [1.29, 1.82) is 0 Å². The van der Waals surface area contributed by atoms with Gasteiger partial charge in [-0.3, -0.25) is 9.52 Å². The Balaban J connectivity index is 1.89. The second kappa shape index (κ2) is 8.54. The van der Waals surface area contributed by atoms with Gasteiger partial charge < -0.3 is 0 Å². The third kappa shape index (κ3) is 4.97. The molecule has 0 aliphatic heterocycles. The molecule has 28 heavy (non-hydrogen) atoms. The van der Waals surface area contributed by atoms with Crippen LogP contribution in [-0.4, -0.2) is 14.2 Å². The van der Waals surface area contributed by atoms with Crippen LogP contribution in [-0.2, 0) is 10.0 Å². The molecule has 0 saturated carbocycles. The van der Waals surface area contributed by atoms with Crippen molar-refractivity contribution in [3.8, 4) is 0 Å². The van der Waals surface area contributed by atoms with Crippen LogP contribution in [0.25, 0.3) is 6.08 Å². The lowest BCUT2D eigenvalue weighted by Gasteiger charge is -2.11. The number of nitrogens with one attached hydrogen (secondary N) is 1. The molecule has 3 aromatic carbocycles. The molecular formula is C22H18BrNO3S. The molecule has 0 bridgehead atoms. The van der Waals surface area contributed by atoms with E-state index in [4.69, 9.17) is 0 Å². The number of allylic oxidation sites excluding steroid dienone is 1. The molecule has 3 rings (SSSR count). The minimum absolute atomic E-state index is 0.159. The van der Waals surface area contributed by atoms with Crippen LogP contribution < -0.4 is 4.72 Å². The van der Waals surface area contributed by atoms with E-state index >= 15 is 0 Å². The number of rotatable bonds is 6. The number of benzene rings is 3.